The molecule has 4 heteroatoms. The van der Waals surface area contributed by atoms with Gasteiger partial charge in [-0.3, -0.25) is 4.79 Å². The van der Waals surface area contributed by atoms with Crippen molar-refractivity contribution in [3.63, 3.8) is 0 Å². The summed E-state index contributed by atoms with van der Waals surface area (Å²) in [5, 5.41) is 2.93. The van der Waals surface area contributed by atoms with Crippen LogP contribution in [0.2, 0.25) is 0 Å². The molecule has 0 saturated heterocycles. The van der Waals surface area contributed by atoms with E-state index < -0.39 is 0 Å². The quantitative estimate of drug-likeness (QED) is 0.862. The molecule has 0 aliphatic rings. The van der Waals surface area contributed by atoms with E-state index in [-0.39, 0.29) is 17.2 Å². The molecule has 18 heavy (non-hydrogen) atoms. The fraction of sp³-hybridized carbons (Fsp3) is 0.714. The summed E-state index contributed by atoms with van der Waals surface area (Å²) in [5.41, 5.74) is 6.97. The molecule has 0 radical (unpaired) electrons. The number of ketones is 1. The van der Waals surface area contributed by atoms with Crippen LogP contribution >= 0.6 is 11.3 Å². The summed E-state index contributed by atoms with van der Waals surface area (Å²) in [6, 6.07) is -0.327. The zero-order valence-corrected chi connectivity index (χ0v) is 12.6. The highest BCUT2D eigenvalue weighted by Crippen LogP contribution is 2.24. The number of thiazole rings is 1. The van der Waals surface area contributed by atoms with Crippen LogP contribution < -0.4 is 5.73 Å². The van der Waals surface area contributed by atoms with Gasteiger partial charge in [0.1, 0.15) is 5.01 Å². The molecule has 1 atom stereocenters. The van der Waals surface area contributed by atoms with E-state index in [0.29, 0.717) is 6.42 Å². The molecule has 0 spiro atoms. The summed E-state index contributed by atoms with van der Waals surface area (Å²) in [4.78, 5) is 16.4. The van der Waals surface area contributed by atoms with Crippen molar-refractivity contribution in [3.05, 3.63) is 16.1 Å². The number of aromatic nitrogens is 1. The molecule has 0 saturated carbocycles. The number of unbranched alkanes of at least 4 members (excludes halogenated alkanes) is 1. The fourth-order valence-electron chi connectivity index (χ4n) is 1.60. The molecule has 2 N–H and O–H groups in total. The first-order chi connectivity index (χ1) is 8.34. The van der Waals surface area contributed by atoms with Crippen molar-refractivity contribution >= 4 is 17.1 Å². The molecule has 1 aromatic rings. The number of carbonyl (C=O) groups excluding carboxylic acids is 1. The van der Waals surface area contributed by atoms with Gasteiger partial charge in [0.15, 0.2) is 5.78 Å². The van der Waals surface area contributed by atoms with Gasteiger partial charge in [-0.2, -0.15) is 0 Å². The minimum atomic E-state index is -0.327. The highest BCUT2D eigenvalue weighted by Gasteiger charge is 2.20. The van der Waals surface area contributed by atoms with Gasteiger partial charge >= 0.3 is 0 Å². The maximum atomic E-state index is 11.9. The van der Waals surface area contributed by atoms with E-state index in [1.807, 2.05) is 5.38 Å². The standard InChI is InChI=1S/C14H24N2OS/c1-5-6-7-10(15)11(17)8-13-16-12(9-18-13)14(2,3)4/h9-10H,5-8,15H2,1-4H3. The molecule has 1 aromatic heterocycles. The van der Waals surface area contributed by atoms with E-state index in [2.05, 4.69) is 32.7 Å². The maximum Gasteiger partial charge on any atom is 0.156 e. The average molecular weight is 268 g/mol. The van der Waals surface area contributed by atoms with Crippen LogP contribution in [-0.4, -0.2) is 16.8 Å². The van der Waals surface area contributed by atoms with Gasteiger partial charge in [-0.1, -0.05) is 40.5 Å². The number of nitrogens with zero attached hydrogens (tertiary/aromatic N) is 1. The zero-order valence-electron chi connectivity index (χ0n) is 11.8. The number of Topliss-reactive ketones (excluding diaryl/α,β-unsaturated/α-hetero) is 1. The lowest BCUT2D eigenvalue weighted by atomic mass is 9.93. The van der Waals surface area contributed by atoms with Gasteiger partial charge in [0, 0.05) is 10.8 Å². The highest BCUT2D eigenvalue weighted by molar-refractivity contribution is 7.09. The molecule has 1 rings (SSSR count). The number of rotatable bonds is 6. The molecule has 1 unspecified atom stereocenters. The van der Waals surface area contributed by atoms with E-state index in [1.54, 1.807) is 11.3 Å². The SMILES string of the molecule is CCCCC(N)C(=O)Cc1nc(C(C)(C)C)cs1. The van der Waals surface area contributed by atoms with Crippen molar-refractivity contribution in [2.24, 2.45) is 5.73 Å². The van der Waals surface area contributed by atoms with Crippen molar-refractivity contribution in [2.75, 3.05) is 0 Å². The first kappa shape index (κ1) is 15.3. The normalized spacial score (nSPS) is 13.6. The molecule has 0 aliphatic heterocycles. The maximum absolute atomic E-state index is 11.9. The van der Waals surface area contributed by atoms with Crippen molar-refractivity contribution in [1.82, 2.24) is 4.98 Å². The average Bonchev–Trinajstić information content (AvgIpc) is 2.73. The summed E-state index contributed by atoms with van der Waals surface area (Å²) in [6.45, 7) is 8.48. The Morgan fingerprint density at radius 3 is 2.67 bits per heavy atom. The van der Waals surface area contributed by atoms with Crippen LogP contribution in [0.4, 0.5) is 0 Å². The summed E-state index contributed by atoms with van der Waals surface area (Å²) in [5.74, 6) is 0.109. The van der Waals surface area contributed by atoms with Crippen LogP contribution in [0.5, 0.6) is 0 Å². The Morgan fingerprint density at radius 1 is 1.50 bits per heavy atom. The van der Waals surface area contributed by atoms with Gasteiger partial charge in [0.2, 0.25) is 0 Å². The van der Waals surface area contributed by atoms with E-state index >= 15 is 0 Å². The number of carbonyl (C=O) groups is 1. The molecule has 0 amide bonds. The van der Waals surface area contributed by atoms with Gasteiger partial charge in [-0.05, 0) is 6.42 Å². The van der Waals surface area contributed by atoms with Gasteiger partial charge in [0.25, 0.3) is 0 Å². The van der Waals surface area contributed by atoms with Gasteiger partial charge < -0.3 is 5.73 Å². The predicted octanol–water partition coefficient (Wildman–Crippen LogP) is 3.07. The van der Waals surface area contributed by atoms with E-state index in [0.717, 1.165) is 30.0 Å². The number of hydrogen-bond acceptors (Lipinski definition) is 4. The molecule has 102 valence electrons. The Bertz CT molecular complexity index is 393. The second-order valence-electron chi connectivity index (χ2n) is 5.77. The van der Waals surface area contributed by atoms with Crippen LogP contribution in [-0.2, 0) is 16.6 Å². The number of hydrogen-bond donors (Lipinski definition) is 1. The van der Waals surface area contributed by atoms with Crippen LogP contribution in [0, 0.1) is 0 Å². The van der Waals surface area contributed by atoms with Gasteiger partial charge in [-0.15, -0.1) is 11.3 Å². The van der Waals surface area contributed by atoms with Crippen molar-refractivity contribution in [1.29, 1.82) is 0 Å². The van der Waals surface area contributed by atoms with Crippen molar-refractivity contribution in [2.45, 2.75) is 64.8 Å². The molecule has 0 bridgehead atoms. The Hall–Kier alpha value is -0.740. The molecule has 0 fully saturated rings. The lowest BCUT2D eigenvalue weighted by Crippen LogP contribution is -2.31. The Balaban J connectivity index is 2.57. The van der Waals surface area contributed by atoms with Crippen LogP contribution in [0.25, 0.3) is 0 Å². The second-order valence-corrected chi connectivity index (χ2v) is 6.71. The molecular weight excluding hydrogens is 244 g/mol. The van der Waals surface area contributed by atoms with Crippen molar-refractivity contribution < 1.29 is 4.79 Å². The molecule has 3 nitrogen and oxygen atoms in total. The molecule has 1 heterocycles. The third-order valence-corrected chi connectivity index (χ3v) is 3.78. The second kappa shape index (κ2) is 6.43. The van der Waals surface area contributed by atoms with E-state index in [1.165, 1.54) is 0 Å². The van der Waals surface area contributed by atoms with Gasteiger partial charge in [0.05, 0.1) is 18.2 Å². The first-order valence-corrected chi connectivity index (χ1v) is 7.45. The van der Waals surface area contributed by atoms with Crippen molar-refractivity contribution in [3.8, 4) is 0 Å². The smallest absolute Gasteiger partial charge is 0.156 e. The Kier molecular flexibility index (Phi) is 5.47. The summed E-state index contributed by atoms with van der Waals surface area (Å²) >= 11 is 1.56. The molecule has 0 aliphatic carbocycles. The summed E-state index contributed by atoms with van der Waals surface area (Å²) in [6.07, 6.45) is 3.25. The lowest BCUT2D eigenvalue weighted by molar-refractivity contribution is -0.119. The Morgan fingerprint density at radius 2 is 2.17 bits per heavy atom. The topological polar surface area (TPSA) is 56.0 Å². The predicted molar refractivity (Wildman–Crippen MR) is 77.0 cm³/mol. The summed E-state index contributed by atoms with van der Waals surface area (Å²) < 4.78 is 0. The first-order valence-electron chi connectivity index (χ1n) is 6.57. The number of nitrogens with two attached hydrogens (primary N) is 1. The molecule has 0 aromatic carbocycles. The molecular formula is C14H24N2OS. The minimum Gasteiger partial charge on any atom is -0.321 e. The zero-order chi connectivity index (χ0) is 13.8. The monoisotopic (exact) mass is 268 g/mol. The van der Waals surface area contributed by atoms with E-state index in [9.17, 15) is 4.79 Å². The van der Waals surface area contributed by atoms with Crippen LogP contribution in [0.3, 0.4) is 0 Å². The third kappa shape index (κ3) is 4.50. The largest absolute Gasteiger partial charge is 0.321 e. The van der Waals surface area contributed by atoms with Gasteiger partial charge in [-0.25, -0.2) is 4.98 Å². The highest BCUT2D eigenvalue weighted by atomic mass is 32.1. The Labute approximate surface area is 114 Å². The van der Waals surface area contributed by atoms with Crippen LogP contribution in [0.15, 0.2) is 5.38 Å². The third-order valence-electron chi connectivity index (χ3n) is 2.93. The lowest BCUT2D eigenvalue weighted by Gasteiger charge is -2.14. The van der Waals surface area contributed by atoms with E-state index in [4.69, 9.17) is 5.73 Å². The minimum absolute atomic E-state index is 0.0438. The summed E-state index contributed by atoms with van der Waals surface area (Å²) in [7, 11) is 0. The fourth-order valence-corrected chi connectivity index (χ4v) is 2.63. The van der Waals surface area contributed by atoms with Crippen LogP contribution in [0.1, 0.15) is 57.7 Å².